The molecule has 0 aliphatic carbocycles. The van der Waals surface area contributed by atoms with Crippen LogP contribution >= 0.6 is 0 Å². The molecule has 0 radical (unpaired) electrons. The summed E-state index contributed by atoms with van der Waals surface area (Å²) in [5.41, 5.74) is 6.24. The number of ether oxygens (including phenoxy) is 1. The van der Waals surface area contributed by atoms with Crippen LogP contribution in [-0.4, -0.2) is 17.3 Å². The van der Waals surface area contributed by atoms with Gasteiger partial charge in [0.15, 0.2) is 17.3 Å². The van der Waals surface area contributed by atoms with Crippen molar-refractivity contribution in [2.45, 2.75) is 20.3 Å². The molecule has 5 aromatic carbocycles. The SMILES string of the molecule is CC(=O)c1ccc(C(=O)c2ccc(Cc3ccc(C(=O)c4ccc(Oc5ccc(C)cc5)cc4)cc3)cc2)cc1. The van der Waals surface area contributed by atoms with Crippen LogP contribution in [0.3, 0.4) is 0 Å². The van der Waals surface area contributed by atoms with Crippen molar-refractivity contribution in [3.8, 4) is 11.5 Å². The van der Waals surface area contributed by atoms with Crippen molar-refractivity contribution < 1.29 is 19.1 Å². The molecule has 40 heavy (non-hydrogen) atoms. The molecule has 0 atom stereocenters. The topological polar surface area (TPSA) is 60.4 Å². The fraction of sp³-hybridized carbons (Fsp3) is 0.0833. The molecule has 0 N–H and O–H groups in total. The largest absolute Gasteiger partial charge is 0.457 e. The molecule has 0 saturated heterocycles. The molecule has 0 amide bonds. The number of benzene rings is 5. The summed E-state index contributed by atoms with van der Waals surface area (Å²) >= 11 is 0. The highest BCUT2D eigenvalue weighted by Crippen LogP contribution is 2.23. The first kappa shape index (κ1) is 26.5. The number of ketones is 3. The Kier molecular flexibility index (Phi) is 7.79. The Morgan fingerprint density at radius 3 is 1.20 bits per heavy atom. The maximum Gasteiger partial charge on any atom is 0.193 e. The fourth-order valence-electron chi connectivity index (χ4n) is 4.39. The molecule has 5 rings (SSSR count). The molecule has 0 heterocycles. The maximum atomic E-state index is 13.0. The third-order valence-corrected chi connectivity index (χ3v) is 6.77. The van der Waals surface area contributed by atoms with Crippen molar-refractivity contribution in [1.29, 1.82) is 0 Å². The monoisotopic (exact) mass is 524 g/mol. The van der Waals surface area contributed by atoms with Crippen LogP contribution in [0, 0.1) is 6.92 Å². The summed E-state index contributed by atoms with van der Waals surface area (Å²) in [4.78, 5) is 37.3. The van der Waals surface area contributed by atoms with Gasteiger partial charge in [-0.2, -0.15) is 0 Å². The fourth-order valence-corrected chi connectivity index (χ4v) is 4.39. The summed E-state index contributed by atoms with van der Waals surface area (Å²) in [5.74, 6) is 1.27. The van der Waals surface area contributed by atoms with Gasteiger partial charge in [-0.3, -0.25) is 14.4 Å². The number of carbonyl (C=O) groups is 3. The first-order valence-corrected chi connectivity index (χ1v) is 13.1. The number of hydrogen-bond donors (Lipinski definition) is 0. The molecule has 0 aliphatic heterocycles. The van der Waals surface area contributed by atoms with Gasteiger partial charge in [-0.15, -0.1) is 0 Å². The molecule has 4 nitrogen and oxygen atoms in total. The molecule has 0 spiro atoms. The molecule has 5 aromatic rings. The predicted molar refractivity (Wildman–Crippen MR) is 157 cm³/mol. The number of hydrogen-bond acceptors (Lipinski definition) is 4. The summed E-state index contributed by atoms with van der Waals surface area (Å²) in [6.07, 6.45) is 0.682. The van der Waals surface area contributed by atoms with E-state index in [9.17, 15) is 14.4 Å². The highest BCUT2D eigenvalue weighted by molar-refractivity contribution is 6.10. The van der Waals surface area contributed by atoms with Crippen molar-refractivity contribution in [1.82, 2.24) is 0 Å². The van der Waals surface area contributed by atoms with E-state index in [1.807, 2.05) is 79.7 Å². The molecule has 0 unspecified atom stereocenters. The Morgan fingerprint density at radius 1 is 0.475 bits per heavy atom. The van der Waals surface area contributed by atoms with Gasteiger partial charge < -0.3 is 4.74 Å². The van der Waals surface area contributed by atoms with Crippen LogP contribution in [0.15, 0.2) is 121 Å². The lowest BCUT2D eigenvalue weighted by molar-refractivity contribution is 0.101. The number of rotatable bonds is 9. The van der Waals surface area contributed by atoms with Crippen LogP contribution in [0.5, 0.6) is 11.5 Å². The molecule has 0 saturated carbocycles. The Bertz CT molecular complexity index is 1640. The zero-order chi connectivity index (χ0) is 28.1. The Balaban J connectivity index is 1.19. The minimum atomic E-state index is -0.0840. The van der Waals surface area contributed by atoms with E-state index in [1.165, 1.54) is 12.5 Å². The lowest BCUT2D eigenvalue weighted by atomic mass is 9.97. The van der Waals surface area contributed by atoms with E-state index in [1.54, 1.807) is 48.5 Å². The van der Waals surface area contributed by atoms with Gasteiger partial charge >= 0.3 is 0 Å². The van der Waals surface area contributed by atoms with E-state index >= 15 is 0 Å². The van der Waals surface area contributed by atoms with Crippen LogP contribution in [0.25, 0.3) is 0 Å². The maximum absolute atomic E-state index is 13.0. The van der Waals surface area contributed by atoms with Crippen LogP contribution < -0.4 is 4.74 Å². The smallest absolute Gasteiger partial charge is 0.193 e. The molecule has 0 bridgehead atoms. The lowest BCUT2D eigenvalue weighted by Gasteiger charge is -2.08. The summed E-state index contributed by atoms with van der Waals surface area (Å²) in [5, 5.41) is 0. The summed E-state index contributed by atoms with van der Waals surface area (Å²) in [7, 11) is 0. The van der Waals surface area contributed by atoms with Gasteiger partial charge in [-0.25, -0.2) is 0 Å². The molecular formula is C36H28O4. The van der Waals surface area contributed by atoms with Crippen molar-refractivity contribution >= 4 is 17.3 Å². The third kappa shape index (κ3) is 6.30. The quantitative estimate of drug-likeness (QED) is 0.183. The average Bonchev–Trinajstić information content (AvgIpc) is 2.99. The first-order chi connectivity index (χ1) is 19.4. The van der Waals surface area contributed by atoms with E-state index in [2.05, 4.69) is 0 Å². The highest BCUT2D eigenvalue weighted by atomic mass is 16.5. The van der Waals surface area contributed by atoms with Crippen molar-refractivity contribution in [2.75, 3.05) is 0 Å². The van der Waals surface area contributed by atoms with E-state index < -0.39 is 0 Å². The summed E-state index contributed by atoms with van der Waals surface area (Å²) in [6.45, 7) is 3.53. The first-order valence-electron chi connectivity index (χ1n) is 13.1. The van der Waals surface area contributed by atoms with Gasteiger partial charge in [-0.1, -0.05) is 90.5 Å². The Labute approximate surface area is 233 Å². The van der Waals surface area contributed by atoms with Crippen LogP contribution in [0.1, 0.15) is 65.8 Å². The second kappa shape index (κ2) is 11.7. The molecule has 196 valence electrons. The van der Waals surface area contributed by atoms with Gasteiger partial charge in [-0.05, 0) is 67.8 Å². The van der Waals surface area contributed by atoms with Crippen molar-refractivity contribution in [2.24, 2.45) is 0 Å². The molecule has 4 heteroatoms. The van der Waals surface area contributed by atoms with Crippen LogP contribution in [-0.2, 0) is 6.42 Å². The standard InChI is InChI=1S/C36H28O4/c1-24-3-19-33(20-4-24)40-34-21-17-32(18-22-34)36(39)30-11-7-27(8-12-30)23-26-5-9-29(10-6-26)35(38)31-15-13-28(14-16-31)25(2)37/h3-22H,23H2,1-2H3. The van der Waals surface area contributed by atoms with E-state index in [-0.39, 0.29) is 17.3 Å². The number of carbonyl (C=O) groups excluding carboxylic acids is 3. The van der Waals surface area contributed by atoms with Crippen molar-refractivity contribution in [3.05, 3.63) is 166 Å². The summed E-state index contributed by atoms with van der Waals surface area (Å²) in [6, 6.07) is 36.8. The second-order valence-corrected chi connectivity index (χ2v) is 9.80. The van der Waals surface area contributed by atoms with Crippen LogP contribution in [0.2, 0.25) is 0 Å². The zero-order valence-corrected chi connectivity index (χ0v) is 22.4. The second-order valence-electron chi connectivity index (χ2n) is 9.80. The zero-order valence-electron chi connectivity index (χ0n) is 22.4. The molecule has 0 aromatic heterocycles. The lowest BCUT2D eigenvalue weighted by Crippen LogP contribution is -2.03. The van der Waals surface area contributed by atoms with Gasteiger partial charge in [0, 0.05) is 27.8 Å². The third-order valence-electron chi connectivity index (χ3n) is 6.77. The van der Waals surface area contributed by atoms with E-state index in [0.29, 0.717) is 40.0 Å². The molecular weight excluding hydrogens is 496 g/mol. The summed E-state index contributed by atoms with van der Waals surface area (Å²) < 4.78 is 5.86. The van der Waals surface area contributed by atoms with Crippen LogP contribution in [0.4, 0.5) is 0 Å². The van der Waals surface area contributed by atoms with Gasteiger partial charge in [0.1, 0.15) is 11.5 Å². The Morgan fingerprint density at radius 2 is 0.800 bits per heavy atom. The number of aryl methyl sites for hydroxylation is 1. The molecule has 0 fully saturated rings. The van der Waals surface area contributed by atoms with Gasteiger partial charge in [0.2, 0.25) is 0 Å². The van der Waals surface area contributed by atoms with E-state index in [4.69, 9.17) is 4.74 Å². The minimum Gasteiger partial charge on any atom is -0.457 e. The predicted octanol–water partition coefficient (Wildman–Crippen LogP) is 8.04. The Hall–Kier alpha value is -5.09. The van der Waals surface area contributed by atoms with E-state index in [0.717, 1.165) is 16.9 Å². The molecule has 0 aliphatic rings. The van der Waals surface area contributed by atoms with Gasteiger partial charge in [0.25, 0.3) is 0 Å². The van der Waals surface area contributed by atoms with Crippen molar-refractivity contribution in [3.63, 3.8) is 0 Å². The number of Topliss-reactive ketones (excluding diaryl/α,β-unsaturated/α-hetero) is 1. The average molecular weight is 525 g/mol. The minimum absolute atomic E-state index is 0.0286. The highest BCUT2D eigenvalue weighted by Gasteiger charge is 2.12. The van der Waals surface area contributed by atoms with Gasteiger partial charge in [0.05, 0.1) is 0 Å². The normalized spacial score (nSPS) is 10.7.